The van der Waals surface area contributed by atoms with E-state index in [2.05, 4.69) is 4.98 Å². The first-order valence-corrected chi connectivity index (χ1v) is 8.59. The largest absolute Gasteiger partial charge is 0.497 e. The van der Waals surface area contributed by atoms with Gasteiger partial charge in [-0.2, -0.15) is 0 Å². The van der Waals surface area contributed by atoms with Crippen molar-refractivity contribution in [2.75, 3.05) is 7.11 Å². The minimum Gasteiger partial charge on any atom is -0.497 e. The van der Waals surface area contributed by atoms with Gasteiger partial charge in [-0.15, -0.1) is 23.1 Å². The monoisotopic (exact) mass is 331 g/mol. The highest BCUT2D eigenvalue weighted by molar-refractivity contribution is 7.98. The van der Waals surface area contributed by atoms with Crippen molar-refractivity contribution in [1.82, 2.24) is 4.98 Å². The highest BCUT2D eigenvalue weighted by Crippen LogP contribution is 2.30. The number of ether oxygens (including phenoxy) is 1. The molecule has 2 aromatic carbocycles. The van der Waals surface area contributed by atoms with E-state index >= 15 is 0 Å². The lowest BCUT2D eigenvalue weighted by Crippen LogP contribution is -1.85. The van der Waals surface area contributed by atoms with Gasteiger partial charge in [0.2, 0.25) is 0 Å². The maximum absolute atomic E-state index is 13.6. The summed E-state index contributed by atoms with van der Waals surface area (Å²) in [5, 5.41) is 2.96. The number of hydrogen-bond acceptors (Lipinski definition) is 4. The highest BCUT2D eigenvalue weighted by Gasteiger charge is 2.08. The molecule has 0 aliphatic rings. The molecule has 3 rings (SSSR count). The van der Waals surface area contributed by atoms with Gasteiger partial charge in [0.05, 0.1) is 12.8 Å². The predicted molar refractivity (Wildman–Crippen MR) is 90.1 cm³/mol. The molecule has 0 atom stereocenters. The van der Waals surface area contributed by atoms with Crippen LogP contribution in [0.15, 0.2) is 58.8 Å². The van der Waals surface area contributed by atoms with Crippen LogP contribution in [0.4, 0.5) is 4.39 Å². The number of methoxy groups -OCH3 is 1. The summed E-state index contributed by atoms with van der Waals surface area (Å²) in [7, 11) is 1.65. The van der Waals surface area contributed by atoms with Gasteiger partial charge < -0.3 is 4.74 Å². The highest BCUT2D eigenvalue weighted by atomic mass is 32.2. The van der Waals surface area contributed by atoms with Crippen LogP contribution in [0.5, 0.6) is 5.75 Å². The van der Waals surface area contributed by atoms with Crippen LogP contribution < -0.4 is 4.74 Å². The van der Waals surface area contributed by atoms with Gasteiger partial charge in [-0.05, 0) is 24.3 Å². The number of halogens is 1. The Hall–Kier alpha value is -1.85. The Morgan fingerprint density at radius 2 is 2.05 bits per heavy atom. The van der Waals surface area contributed by atoms with E-state index in [0.29, 0.717) is 10.6 Å². The SMILES string of the molecule is COc1cccc(-c2nc(CSc3ccccc3F)cs2)c1. The summed E-state index contributed by atoms with van der Waals surface area (Å²) in [4.78, 5) is 5.27. The molecule has 112 valence electrons. The van der Waals surface area contributed by atoms with Crippen molar-refractivity contribution in [3.63, 3.8) is 0 Å². The van der Waals surface area contributed by atoms with Gasteiger partial charge in [0.1, 0.15) is 16.6 Å². The average molecular weight is 331 g/mol. The van der Waals surface area contributed by atoms with Crippen molar-refractivity contribution >= 4 is 23.1 Å². The zero-order chi connectivity index (χ0) is 15.4. The minimum absolute atomic E-state index is 0.184. The molecule has 0 fully saturated rings. The van der Waals surface area contributed by atoms with Crippen molar-refractivity contribution < 1.29 is 9.13 Å². The maximum atomic E-state index is 13.6. The molecule has 0 aliphatic heterocycles. The summed E-state index contributed by atoms with van der Waals surface area (Å²) in [6.45, 7) is 0. The van der Waals surface area contributed by atoms with Crippen molar-refractivity contribution in [2.24, 2.45) is 0 Å². The summed E-state index contributed by atoms with van der Waals surface area (Å²) in [5.74, 6) is 1.28. The van der Waals surface area contributed by atoms with E-state index in [1.807, 2.05) is 35.7 Å². The van der Waals surface area contributed by atoms with Crippen molar-refractivity contribution in [3.8, 4) is 16.3 Å². The molecule has 0 N–H and O–H groups in total. The Morgan fingerprint density at radius 1 is 1.18 bits per heavy atom. The van der Waals surface area contributed by atoms with Crippen LogP contribution in [-0.4, -0.2) is 12.1 Å². The fourth-order valence-corrected chi connectivity index (χ4v) is 3.73. The van der Waals surface area contributed by atoms with Crippen LogP contribution in [0.1, 0.15) is 5.69 Å². The lowest BCUT2D eigenvalue weighted by atomic mass is 10.2. The first-order valence-electron chi connectivity index (χ1n) is 6.72. The number of hydrogen-bond donors (Lipinski definition) is 0. The molecule has 0 spiro atoms. The zero-order valence-corrected chi connectivity index (χ0v) is 13.6. The number of aromatic nitrogens is 1. The van der Waals surface area contributed by atoms with Gasteiger partial charge in [0.25, 0.3) is 0 Å². The Bertz CT molecular complexity index is 773. The Kier molecular flexibility index (Phi) is 4.75. The van der Waals surface area contributed by atoms with Gasteiger partial charge in [0.15, 0.2) is 0 Å². The number of benzene rings is 2. The number of rotatable bonds is 5. The molecular formula is C17H14FNOS2. The summed E-state index contributed by atoms with van der Waals surface area (Å²) in [6.07, 6.45) is 0. The Balaban J connectivity index is 1.72. The topological polar surface area (TPSA) is 22.1 Å². The number of nitrogens with zero attached hydrogens (tertiary/aromatic N) is 1. The Morgan fingerprint density at radius 3 is 2.86 bits per heavy atom. The molecule has 5 heteroatoms. The quantitative estimate of drug-likeness (QED) is 0.596. The number of thioether (sulfide) groups is 1. The second kappa shape index (κ2) is 6.94. The van der Waals surface area contributed by atoms with Crippen LogP contribution in [0.2, 0.25) is 0 Å². The third-order valence-electron chi connectivity index (χ3n) is 3.08. The summed E-state index contributed by atoms with van der Waals surface area (Å²) < 4.78 is 18.8. The molecule has 0 saturated heterocycles. The third-order valence-corrected chi connectivity index (χ3v) is 5.10. The molecule has 0 aliphatic carbocycles. The summed E-state index contributed by atoms with van der Waals surface area (Å²) in [6, 6.07) is 14.6. The first-order chi connectivity index (χ1) is 10.8. The normalized spacial score (nSPS) is 10.6. The van der Waals surface area contributed by atoms with Crippen LogP contribution in [-0.2, 0) is 5.75 Å². The smallest absolute Gasteiger partial charge is 0.136 e. The summed E-state index contributed by atoms with van der Waals surface area (Å²) >= 11 is 3.05. The lowest BCUT2D eigenvalue weighted by Gasteiger charge is -2.02. The molecule has 0 unspecified atom stereocenters. The fraction of sp³-hybridized carbons (Fsp3) is 0.118. The first kappa shape index (κ1) is 15.1. The van der Waals surface area contributed by atoms with E-state index in [1.54, 1.807) is 30.6 Å². The number of thiazole rings is 1. The average Bonchev–Trinajstić information content (AvgIpc) is 3.03. The van der Waals surface area contributed by atoms with Crippen molar-refractivity contribution in [1.29, 1.82) is 0 Å². The van der Waals surface area contributed by atoms with Gasteiger partial charge in [-0.3, -0.25) is 0 Å². The van der Waals surface area contributed by atoms with Gasteiger partial charge in [-0.25, -0.2) is 9.37 Å². The molecular weight excluding hydrogens is 317 g/mol. The molecule has 0 amide bonds. The van der Waals surface area contributed by atoms with E-state index < -0.39 is 0 Å². The molecule has 1 aromatic heterocycles. The standard InChI is InChI=1S/C17H14FNOS2/c1-20-14-6-4-5-12(9-14)17-19-13(11-22-17)10-21-16-8-3-2-7-15(16)18/h2-9,11H,10H2,1H3. The van der Waals surface area contributed by atoms with Gasteiger partial charge in [0, 0.05) is 21.6 Å². The summed E-state index contributed by atoms with van der Waals surface area (Å²) in [5.41, 5.74) is 1.99. The lowest BCUT2D eigenvalue weighted by molar-refractivity contribution is 0.415. The van der Waals surface area contributed by atoms with E-state index in [4.69, 9.17) is 4.74 Å². The molecule has 3 aromatic rings. The van der Waals surface area contributed by atoms with Crippen LogP contribution >= 0.6 is 23.1 Å². The second-order valence-electron chi connectivity index (χ2n) is 4.60. The fourth-order valence-electron chi connectivity index (χ4n) is 1.98. The predicted octanol–water partition coefficient (Wildman–Crippen LogP) is 5.25. The minimum atomic E-state index is -0.184. The van der Waals surface area contributed by atoms with Gasteiger partial charge >= 0.3 is 0 Å². The van der Waals surface area contributed by atoms with E-state index in [0.717, 1.165) is 22.0 Å². The van der Waals surface area contributed by atoms with Gasteiger partial charge in [-0.1, -0.05) is 24.3 Å². The molecule has 0 bridgehead atoms. The third kappa shape index (κ3) is 3.48. The zero-order valence-electron chi connectivity index (χ0n) is 12.0. The van der Waals surface area contributed by atoms with Crippen molar-refractivity contribution in [3.05, 3.63) is 65.4 Å². The molecule has 0 saturated carbocycles. The molecule has 0 radical (unpaired) electrons. The van der Waals surface area contributed by atoms with Crippen LogP contribution in [0, 0.1) is 5.82 Å². The Labute approximate surface area is 137 Å². The van der Waals surface area contributed by atoms with Crippen LogP contribution in [0.3, 0.4) is 0 Å². The molecule has 1 heterocycles. The molecule has 2 nitrogen and oxygen atoms in total. The molecule has 22 heavy (non-hydrogen) atoms. The van der Waals surface area contributed by atoms with E-state index in [9.17, 15) is 4.39 Å². The van der Waals surface area contributed by atoms with E-state index in [1.165, 1.54) is 17.8 Å². The van der Waals surface area contributed by atoms with E-state index in [-0.39, 0.29) is 5.82 Å². The van der Waals surface area contributed by atoms with Crippen LogP contribution in [0.25, 0.3) is 10.6 Å². The van der Waals surface area contributed by atoms with Crippen molar-refractivity contribution in [2.45, 2.75) is 10.6 Å². The second-order valence-corrected chi connectivity index (χ2v) is 6.47. The maximum Gasteiger partial charge on any atom is 0.136 e.